The lowest BCUT2D eigenvalue weighted by Crippen LogP contribution is -2.40. The normalized spacial score (nSPS) is 24.4. The van der Waals surface area contributed by atoms with E-state index in [1.807, 2.05) is 24.4 Å². The van der Waals surface area contributed by atoms with E-state index in [1.165, 1.54) is 30.2 Å². The Kier molecular flexibility index (Phi) is 4.10. The fourth-order valence-electron chi connectivity index (χ4n) is 2.68. The zero-order valence-corrected chi connectivity index (χ0v) is 14.2. The predicted octanol–water partition coefficient (Wildman–Crippen LogP) is 2.96. The summed E-state index contributed by atoms with van der Waals surface area (Å²) in [6.07, 6.45) is 0.739. The largest absolute Gasteiger partial charge is 0.466 e. The molecule has 3 rings (SSSR count). The molecular weight excluding hydrogens is 320 g/mol. The second-order valence-corrected chi connectivity index (χ2v) is 7.18. The van der Waals surface area contributed by atoms with Crippen LogP contribution in [0.3, 0.4) is 0 Å². The minimum Gasteiger partial charge on any atom is -0.466 e. The van der Waals surface area contributed by atoms with Gasteiger partial charge in [0.1, 0.15) is 6.04 Å². The zero-order valence-electron chi connectivity index (χ0n) is 12.5. The minimum absolute atomic E-state index is 0.0125. The molecule has 1 fully saturated rings. The number of ether oxygens (including phenoxy) is 1. The fourth-order valence-corrected chi connectivity index (χ4v) is 4.63. The number of amides is 1. The number of methoxy groups -OCH3 is 1. The van der Waals surface area contributed by atoms with Crippen molar-refractivity contribution < 1.29 is 14.3 Å². The zero-order chi connectivity index (χ0) is 15.9. The van der Waals surface area contributed by atoms with Crippen molar-refractivity contribution >= 4 is 40.1 Å². The molecule has 0 aromatic carbocycles. The summed E-state index contributed by atoms with van der Waals surface area (Å²) in [6.45, 7) is 3.78. The first-order valence-corrected chi connectivity index (χ1v) is 8.75. The van der Waals surface area contributed by atoms with Crippen LogP contribution in [-0.4, -0.2) is 34.3 Å². The van der Waals surface area contributed by atoms with E-state index in [9.17, 15) is 9.59 Å². The minimum atomic E-state index is -0.434. The summed E-state index contributed by atoms with van der Waals surface area (Å²) < 4.78 is 4.92. The van der Waals surface area contributed by atoms with Crippen LogP contribution in [0.15, 0.2) is 33.8 Å². The summed E-state index contributed by atoms with van der Waals surface area (Å²) in [5.74, 6) is -0.421. The Labute approximate surface area is 137 Å². The van der Waals surface area contributed by atoms with Gasteiger partial charge in [0.15, 0.2) is 5.17 Å². The molecule has 1 aromatic rings. The van der Waals surface area contributed by atoms with Crippen molar-refractivity contribution in [1.82, 2.24) is 4.90 Å². The maximum absolute atomic E-state index is 12.7. The van der Waals surface area contributed by atoms with Crippen LogP contribution >= 0.6 is 23.1 Å². The first-order chi connectivity index (χ1) is 10.6. The molecular formula is C15H16N2O3S2. The molecule has 1 amide bonds. The monoisotopic (exact) mass is 336 g/mol. The van der Waals surface area contributed by atoms with Crippen LogP contribution in [0, 0.1) is 0 Å². The Bertz CT molecular complexity index is 679. The lowest BCUT2D eigenvalue weighted by Gasteiger charge is -2.31. The van der Waals surface area contributed by atoms with Crippen LogP contribution in [0.4, 0.5) is 0 Å². The number of thioether (sulfide) groups is 1. The number of hydrogen-bond donors (Lipinski definition) is 0. The number of rotatable bonds is 3. The third-order valence-corrected chi connectivity index (χ3v) is 5.98. The van der Waals surface area contributed by atoms with Crippen LogP contribution in [0.25, 0.3) is 0 Å². The molecule has 1 aromatic heterocycles. The van der Waals surface area contributed by atoms with Gasteiger partial charge in [0.2, 0.25) is 5.91 Å². The summed E-state index contributed by atoms with van der Waals surface area (Å²) in [6, 6.07) is 3.42. The van der Waals surface area contributed by atoms with Gasteiger partial charge < -0.3 is 4.74 Å². The Morgan fingerprint density at radius 1 is 1.50 bits per heavy atom. The molecule has 0 bridgehead atoms. The molecule has 0 radical (unpaired) electrons. The number of hydrogen-bond acceptors (Lipinski definition) is 6. The van der Waals surface area contributed by atoms with Gasteiger partial charge in [0.05, 0.1) is 23.6 Å². The van der Waals surface area contributed by atoms with E-state index in [-0.39, 0.29) is 11.2 Å². The van der Waals surface area contributed by atoms with Crippen LogP contribution in [0.2, 0.25) is 0 Å². The second-order valence-electron chi connectivity index (χ2n) is 5.03. The molecule has 1 saturated heterocycles. The number of allylic oxidation sites excluding steroid dienone is 1. The van der Waals surface area contributed by atoms with Gasteiger partial charge in [-0.2, -0.15) is 0 Å². The summed E-state index contributed by atoms with van der Waals surface area (Å²) in [4.78, 5) is 32.0. The quantitative estimate of drug-likeness (QED) is 0.796. The second kappa shape index (κ2) is 5.89. The Morgan fingerprint density at radius 3 is 2.86 bits per heavy atom. The number of carbonyl (C=O) groups excluding carboxylic acids is 2. The number of amidine groups is 1. The smallest absolute Gasteiger partial charge is 0.338 e. The fraction of sp³-hybridized carbons (Fsp3) is 0.400. The highest BCUT2D eigenvalue weighted by atomic mass is 32.2. The topological polar surface area (TPSA) is 59.0 Å². The van der Waals surface area contributed by atoms with Crippen molar-refractivity contribution in [2.75, 3.05) is 7.11 Å². The highest BCUT2D eigenvalue weighted by molar-refractivity contribution is 8.15. The molecule has 7 heteroatoms. The summed E-state index contributed by atoms with van der Waals surface area (Å²) in [5, 5.41) is 2.49. The van der Waals surface area contributed by atoms with Gasteiger partial charge in [-0.05, 0) is 24.8 Å². The SMILES string of the molecule is CC[C@H]1SC2=NC(C)=C(C(=O)OC)[C@H](c3cccs3)N2C1=O. The number of carbonyl (C=O) groups is 2. The summed E-state index contributed by atoms with van der Waals surface area (Å²) in [7, 11) is 1.35. The number of nitrogens with zero attached hydrogens (tertiary/aromatic N) is 2. The Balaban J connectivity index is 2.14. The summed E-state index contributed by atoms with van der Waals surface area (Å²) >= 11 is 3.00. The van der Waals surface area contributed by atoms with E-state index < -0.39 is 12.0 Å². The van der Waals surface area contributed by atoms with E-state index in [2.05, 4.69) is 4.99 Å². The van der Waals surface area contributed by atoms with Gasteiger partial charge >= 0.3 is 5.97 Å². The van der Waals surface area contributed by atoms with Gasteiger partial charge in [-0.3, -0.25) is 9.69 Å². The average Bonchev–Trinajstić information content (AvgIpc) is 3.13. The van der Waals surface area contributed by atoms with Crippen LogP contribution < -0.4 is 0 Å². The predicted molar refractivity (Wildman–Crippen MR) is 87.7 cm³/mol. The molecule has 0 aliphatic carbocycles. The molecule has 116 valence electrons. The van der Waals surface area contributed by atoms with Crippen molar-refractivity contribution in [2.45, 2.75) is 31.6 Å². The van der Waals surface area contributed by atoms with Crippen molar-refractivity contribution in [3.8, 4) is 0 Å². The van der Waals surface area contributed by atoms with E-state index in [1.54, 1.807) is 11.8 Å². The lowest BCUT2D eigenvalue weighted by atomic mass is 10.00. The third-order valence-electron chi connectivity index (χ3n) is 3.74. The molecule has 2 aliphatic rings. The highest BCUT2D eigenvalue weighted by Crippen LogP contribution is 2.44. The number of aliphatic imine (C=N–C) groups is 1. The number of fused-ring (bicyclic) bond motifs is 1. The van der Waals surface area contributed by atoms with Crippen molar-refractivity contribution in [2.24, 2.45) is 4.99 Å². The van der Waals surface area contributed by atoms with E-state index in [0.717, 1.165) is 11.3 Å². The van der Waals surface area contributed by atoms with Crippen LogP contribution in [0.5, 0.6) is 0 Å². The van der Waals surface area contributed by atoms with Gasteiger partial charge in [-0.25, -0.2) is 9.79 Å². The Hall–Kier alpha value is -1.60. The van der Waals surface area contributed by atoms with Gasteiger partial charge in [0.25, 0.3) is 0 Å². The first-order valence-electron chi connectivity index (χ1n) is 6.99. The first kappa shape index (κ1) is 15.3. The van der Waals surface area contributed by atoms with Gasteiger partial charge in [-0.15, -0.1) is 11.3 Å². The maximum Gasteiger partial charge on any atom is 0.338 e. The van der Waals surface area contributed by atoms with E-state index in [4.69, 9.17) is 4.74 Å². The van der Waals surface area contributed by atoms with E-state index in [0.29, 0.717) is 16.4 Å². The third kappa shape index (κ3) is 2.28. The van der Waals surface area contributed by atoms with Gasteiger partial charge in [-0.1, -0.05) is 24.8 Å². The van der Waals surface area contributed by atoms with Crippen molar-refractivity contribution in [3.63, 3.8) is 0 Å². The molecule has 2 aliphatic heterocycles. The molecule has 0 unspecified atom stereocenters. The molecule has 22 heavy (non-hydrogen) atoms. The highest BCUT2D eigenvalue weighted by Gasteiger charge is 2.47. The van der Waals surface area contributed by atoms with Crippen molar-refractivity contribution in [1.29, 1.82) is 0 Å². The number of esters is 1. The van der Waals surface area contributed by atoms with Gasteiger partial charge in [0, 0.05) is 4.88 Å². The molecule has 0 spiro atoms. The molecule has 0 saturated carbocycles. The maximum atomic E-state index is 12.7. The van der Waals surface area contributed by atoms with Crippen LogP contribution in [0.1, 0.15) is 31.2 Å². The van der Waals surface area contributed by atoms with Crippen molar-refractivity contribution in [3.05, 3.63) is 33.7 Å². The molecule has 2 atom stereocenters. The summed E-state index contributed by atoms with van der Waals surface area (Å²) in [5.41, 5.74) is 1.06. The lowest BCUT2D eigenvalue weighted by molar-refractivity contribution is -0.137. The Morgan fingerprint density at radius 2 is 2.27 bits per heavy atom. The molecule has 3 heterocycles. The molecule has 0 N–H and O–H groups in total. The van der Waals surface area contributed by atoms with E-state index >= 15 is 0 Å². The average molecular weight is 336 g/mol. The standard InChI is InChI=1S/C15H16N2O3S2/c1-4-9-13(18)17-12(10-6-5-7-21-10)11(14(19)20-3)8(2)16-15(17)22-9/h5-7,9,12H,4H2,1-3H3/t9-,12+/m1/s1. The molecule has 5 nitrogen and oxygen atoms in total. The van der Waals surface area contributed by atoms with Crippen LogP contribution in [-0.2, 0) is 14.3 Å². The number of thiophene rings is 1.